The third-order valence-electron chi connectivity index (χ3n) is 4.55. The van der Waals surface area contributed by atoms with Crippen LogP contribution in [0.3, 0.4) is 0 Å². The number of rotatable bonds is 3. The van der Waals surface area contributed by atoms with Gasteiger partial charge in [-0.3, -0.25) is 0 Å². The van der Waals surface area contributed by atoms with Crippen molar-refractivity contribution in [1.82, 2.24) is 10.6 Å². The van der Waals surface area contributed by atoms with E-state index in [4.69, 9.17) is 4.74 Å². The van der Waals surface area contributed by atoms with E-state index in [2.05, 4.69) is 10.6 Å². The Hall–Kier alpha value is -1.30. The molecule has 0 aromatic heterocycles. The molecule has 6 nitrogen and oxygen atoms in total. The van der Waals surface area contributed by atoms with E-state index in [1.54, 1.807) is 0 Å². The summed E-state index contributed by atoms with van der Waals surface area (Å²) in [7, 11) is 0. The third-order valence-corrected chi connectivity index (χ3v) is 4.55. The summed E-state index contributed by atoms with van der Waals surface area (Å²) in [5, 5.41) is 15.1. The number of carboxylic acids is 1. The van der Waals surface area contributed by atoms with Crippen molar-refractivity contribution in [1.29, 1.82) is 0 Å². The van der Waals surface area contributed by atoms with Gasteiger partial charge in [-0.2, -0.15) is 0 Å². The summed E-state index contributed by atoms with van der Waals surface area (Å²) in [5.41, 5.74) is -1.18. The summed E-state index contributed by atoms with van der Waals surface area (Å²) in [4.78, 5) is 23.7. The van der Waals surface area contributed by atoms with Crippen LogP contribution in [0.25, 0.3) is 0 Å². The number of carboxylic acid groups (broad SMARTS) is 1. The number of hydrogen-bond acceptors (Lipinski definition) is 3. The molecule has 0 aromatic rings. The third kappa shape index (κ3) is 4.59. The highest BCUT2D eigenvalue weighted by atomic mass is 16.5. The molecular formula is C15H26N2O4. The van der Waals surface area contributed by atoms with Gasteiger partial charge < -0.3 is 20.5 Å². The zero-order valence-corrected chi connectivity index (χ0v) is 12.5. The number of aliphatic carboxylic acids is 1. The van der Waals surface area contributed by atoms with E-state index in [0.29, 0.717) is 26.1 Å². The van der Waals surface area contributed by atoms with E-state index in [9.17, 15) is 14.7 Å². The molecule has 1 aliphatic heterocycles. The zero-order chi connectivity index (χ0) is 15.1. The Kier molecular flexibility index (Phi) is 5.85. The van der Waals surface area contributed by atoms with Crippen molar-refractivity contribution in [2.24, 2.45) is 0 Å². The summed E-state index contributed by atoms with van der Waals surface area (Å²) >= 11 is 0. The molecule has 0 spiro atoms. The first kappa shape index (κ1) is 16.1. The van der Waals surface area contributed by atoms with E-state index in [-0.39, 0.29) is 12.1 Å². The van der Waals surface area contributed by atoms with Gasteiger partial charge in [0.1, 0.15) is 5.54 Å². The summed E-state index contributed by atoms with van der Waals surface area (Å²) in [6, 6.07) is -0.194. The predicted octanol–water partition coefficient (Wildman–Crippen LogP) is 2.03. The molecule has 21 heavy (non-hydrogen) atoms. The molecule has 3 N–H and O–H groups in total. The van der Waals surface area contributed by atoms with Crippen molar-refractivity contribution in [3.05, 3.63) is 0 Å². The maximum Gasteiger partial charge on any atom is 0.329 e. The second-order valence-corrected chi connectivity index (χ2v) is 6.14. The van der Waals surface area contributed by atoms with Crippen molar-refractivity contribution in [3.8, 4) is 0 Å². The van der Waals surface area contributed by atoms with Gasteiger partial charge in [0.05, 0.1) is 0 Å². The number of amides is 2. The van der Waals surface area contributed by atoms with Crippen molar-refractivity contribution >= 4 is 12.0 Å². The minimum atomic E-state index is -1.18. The van der Waals surface area contributed by atoms with E-state index in [1.807, 2.05) is 0 Å². The van der Waals surface area contributed by atoms with Gasteiger partial charge in [-0.05, 0) is 12.8 Å². The Bertz CT molecular complexity index is 359. The first-order valence-corrected chi connectivity index (χ1v) is 8.02. The van der Waals surface area contributed by atoms with Crippen LogP contribution in [0.15, 0.2) is 0 Å². The molecule has 1 heterocycles. The van der Waals surface area contributed by atoms with E-state index in [0.717, 1.165) is 25.7 Å². The summed E-state index contributed by atoms with van der Waals surface area (Å²) in [6.45, 7) is 0.742. The molecule has 2 amide bonds. The molecule has 0 bridgehead atoms. The SMILES string of the molecule is O=C(NC1CCCCCCC1)NC1(C(=O)O)CCOCC1. The fourth-order valence-corrected chi connectivity index (χ4v) is 3.15. The zero-order valence-electron chi connectivity index (χ0n) is 12.5. The molecule has 0 radical (unpaired) electrons. The molecule has 1 aliphatic carbocycles. The highest BCUT2D eigenvalue weighted by molar-refractivity contribution is 5.86. The van der Waals surface area contributed by atoms with Crippen LogP contribution in [0.1, 0.15) is 57.8 Å². The fourth-order valence-electron chi connectivity index (χ4n) is 3.15. The van der Waals surface area contributed by atoms with Gasteiger partial charge >= 0.3 is 12.0 Å². The van der Waals surface area contributed by atoms with Gasteiger partial charge in [0, 0.05) is 32.1 Å². The number of nitrogens with one attached hydrogen (secondary N) is 2. The molecule has 1 saturated carbocycles. The van der Waals surface area contributed by atoms with Gasteiger partial charge in [-0.25, -0.2) is 9.59 Å². The van der Waals surface area contributed by atoms with Crippen LogP contribution in [0.5, 0.6) is 0 Å². The Labute approximate surface area is 125 Å². The quantitative estimate of drug-likeness (QED) is 0.744. The highest BCUT2D eigenvalue weighted by Gasteiger charge is 2.41. The van der Waals surface area contributed by atoms with Crippen molar-refractivity contribution in [2.75, 3.05) is 13.2 Å². The van der Waals surface area contributed by atoms with Gasteiger partial charge in [-0.15, -0.1) is 0 Å². The standard InChI is InChI=1S/C15H26N2O4/c18-13(19)15(8-10-21-11-9-15)17-14(20)16-12-6-4-2-1-3-5-7-12/h12H,1-11H2,(H,18,19)(H2,16,17,20). The van der Waals surface area contributed by atoms with Gasteiger partial charge in [0.15, 0.2) is 0 Å². The lowest BCUT2D eigenvalue weighted by molar-refractivity contribution is -0.148. The molecule has 2 rings (SSSR count). The summed E-state index contributed by atoms with van der Waals surface area (Å²) in [5.74, 6) is -0.974. The predicted molar refractivity (Wildman–Crippen MR) is 78.2 cm³/mol. The maximum atomic E-state index is 12.2. The van der Waals surface area contributed by atoms with Gasteiger partial charge in [0.2, 0.25) is 0 Å². The lowest BCUT2D eigenvalue weighted by atomic mass is 9.90. The topological polar surface area (TPSA) is 87.7 Å². The molecule has 2 aliphatic rings. The van der Waals surface area contributed by atoms with Crippen molar-refractivity contribution in [2.45, 2.75) is 69.4 Å². The molecule has 120 valence electrons. The lowest BCUT2D eigenvalue weighted by Crippen LogP contribution is -2.60. The van der Waals surface area contributed by atoms with Crippen LogP contribution in [-0.4, -0.2) is 41.9 Å². The van der Waals surface area contributed by atoms with Crippen LogP contribution in [0, 0.1) is 0 Å². The van der Waals surface area contributed by atoms with E-state index in [1.165, 1.54) is 19.3 Å². The number of ether oxygens (including phenoxy) is 1. The first-order chi connectivity index (χ1) is 10.1. The summed E-state index contributed by atoms with van der Waals surface area (Å²) < 4.78 is 5.20. The number of carbonyl (C=O) groups excluding carboxylic acids is 1. The van der Waals surface area contributed by atoms with Crippen LogP contribution in [-0.2, 0) is 9.53 Å². The van der Waals surface area contributed by atoms with Crippen molar-refractivity contribution in [3.63, 3.8) is 0 Å². The van der Waals surface area contributed by atoms with Crippen LogP contribution < -0.4 is 10.6 Å². The molecule has 0 aromatic carbocycles. The Morgan fingerprint density at radius 2 is 1.57 bits per heavy atom. The monoisotopic (exact) mass is 298 g/mol. The minimum Gasteiger partial charge on any atom is -0.480 e. The van der Waals surface area contributed by atoms with Crippen LogP contribution >= 0.6 is 0 Å². The Morgan fingerprint density at radius 3 is 2.14 bits per heavy atom. The van der Waals surface area contributed by atoms with E-state index < -0.39 is 11.5 Å². The normalized spacial score (nSPS) is 23.6. The van der Waals surface area contributed by atoms with E-state index >= 15 is 0 Å². The number of urea groups is 1. The number of hydrogen-bond donors (Lipinski definition) is 3. The van der Waals surface area contributed by atoms with Crippen LogP contribution in [0.4, 0.5) is 4.79 Å². The molecular weight excluding hydrogens is 272 g/mol. The molecule has 2 fully saturated rings. The first-order valence-electron chi connectivity index (χ1n) is 8.02. The Morgan fingerprint density at radius 1 is 1.00 bits per heavy atom. The van der Waals surface area contributed by atoms with Crippen molar-refractivity contribution < 1.29 is 19.4 Å². The second-order valence-electron chi connectivity index (χ2n) is 6.14. The number of carbonyl (C=O) groups is 2. The summed E-state index contributed by atoms with van der Waals surface area (Å²) in [6.07, 6.45) is 8.58. The fraction of sp³-hybridized carbons (Fsp3) is 0.867. The largest absolute Gasteiger partial charge is 0.480 e. The smallest absolute Gasteiger partial charge is 0.329 e. The lowest BCUT2D eigenvalue weighted by Gasteiger charge is -2.34. The minimum absolute atomic E-state index is 0.163. The average Bonchev–Trinajstić information content (AvgIpc) is 2.42. The Balaban J connectivity index is 1.87. The second kappa shape index (κ2) is 7.64. The van der Waals surface area contributed by atoms with Gasteiger partial charge in [0.25, 0.3) is 0 Å². The molecule has 0 unspecified atom stereocenters. The average molecular weight is 298 g/mol. The molecule has 1 saturated heterocycles. The highest BCUT2D eigenvalue weighted by Crippen LogP contribution is 2.21. The van der Waals surface area contributed by atoms with Gasteiger partial charge in [-0.1, -0.05) is 32.1 Å². The maximum absolute atomic E-state index is 12.2. The molecule has 0 atom stereocenters. The molecule has 6 heteroatoms. The van der Waals surface area contributed by atoms with Crippen LogP contribution in [0.2, 0.25) is 0 Å².